The average molecular weight is 465 g/mol. The molecule has 174 valence electrons. The van der Waals surface area contributed by atoms with Crippen LogP contribution in [0.2, 0.25) is 0 Å². The number of benzene rings is 1. The van der Waals surface area contributed by atoms with Crippen molar-refractivity contribution in [2.75, 3.05) is 36.8 Å². The maximum absolute atomic E-state index is 14.3. The molecule has 0 bridgehead atoms. The summed E-state index contributed by atoms with van der Waals surface area (Å²) in [5.41, 5.74) is 7.35. The molecule has 0 spiro atoms. The van der Waals surface area contributed by atoms with Crippen LogP contribution in [0.5, 0.6) is 0 Å². The van der Waals surface area contributed by atoms with E-state index in [2.05, 4.69) is 25.3 Å². The van der Waals surface area contributed by atoms with E-state index in [4.69, 9.17) is 10.5 Å². The number of hydrogen-bond acceptors (Lipinski definition) is 9. The Bertz CT molecular complexity index is 1390. The lowest BCUT2D eigenvalue weighted by molar-refractivity contribution is 0.180. The predicted octanol–water partition coefficient (Wildman–Crippen LogP) is 2.98. The third-order valence-corrected chi connectivity index (χ3v) is 5.10. The maximum atomic E-state index is 14.3. The first kappa shape index (κ1) is 22.5. The summed E-state index contributed by atoms with van der Waals surface area (Å²) in [6, 6.07) is 9.83. The van der Waals surface area contributed by atoms with Gasteiger partial charge < -0.3 is 10.5 Å². The Kier molecular flexibility index (Phi) is 5.99. The van der Waals surface area contributed by atoms with E-state index in [1.54, 1.807) is 36.5 Å². The molecule has 0 aliphatic rings. The van der Waals surface area contributed by atoms with Crippen LogP contribution in [0.15, 0.2) is 47.9 Å². The van der Waals surface area contributed by atoms with Crippen molar-refractivity contribution in [1.82, 2.24) is 24.7 Å². The van der Waals surface area contributed by atoms with Gasteiger partial charge in [-0.25, -0.2) is 33.8 Å². The third kappa shape index (κ3) is 3.94. The number of ether oxygens (including phenoxy) is 1. The monoisotopic (exact) mass is 465 g/mol. The van der Waals surface area contributed by atoms with Crippen LogP contribution < -0.4 is 15.6 Å². The van der Waals surface area contributed by atoms with E-state index < -0.39 is 6.09 Å². The SMILES string of the molecule is COC(=O)N(C)c1nc(-c2nn(Cc3ccccc3F)c3ncccc23)nc(N)c1N(C)N=O. The molecule has 1 aromatic carbocycles. The molecule has 1 amide bonds. The number of pyridine rings is 1. The number of amides is 1. The molecule has 12 nitrogen and oxygen atoms in total. The van der Waals surface area contributed by atoms with Crippen molar-refractivity contribution >= 4 is 34.4 Å². The average Bonchev–Trinajstić information content (AvgIpc) is 3.22. The van der Waals surface area contributed by atoms with E-state index in [1.165, 1.54) is 32.0 Å². The molecule has 0 radical (unpaired) electrons. The fourth-order valence-electron chi connectivity index (χ4n) is 3.45. The van der Waals surface area contributed by atoms with E-state index in [0.717, 1.165) is 9.91 Å². The summed E-state index contributed by atoms with van der Waals surface area (Å²) in [6.07, 6.45) is 0.840. The van der Waals surface area contributed by atoms with Crippen molar-refractivity contribution in [3.8, 4) is 11.5 Å². The molecule has 3 aromatic heterocycles. The summed E-state index contributed by atoms with van der Waals surface area (Å²) in [4.78, 5) is 37.6. The Hall–Kier alpha value is -4.68. The van der Waals surface area contributed by atoms with Crippen LogP contribution in [-0.2, 0) is 11.3 Å². The molecule has 0 atom stereocenters. The molecular weight excluding hydrogens is 445 g/mol. The third-order valence-electron chi connectivity index (χ3n) is 5.10. The molecular formula is C21H20FN9O3. The number of anilines is 3. The number of nitrogens with two attached hydrogens (primary N) is 1. The number of fused-ring (bicyclic) bond motifs is 1. The van der Waals surface area contributed by atoms with Crippen LogP contribution >= 0.6 is 0 Å². The van der Waals surface area contributed by atoms with E-state index in [1.807, 2.05) is 0 Å². The van der Waals surface area contributed by atoms with Crippen LogP contribution in [0, 0.1) is 10.7 Å². The van der Waals surface area contributed by atoms with Gasteiger partial charge in [0.2, 0.25) is 0 Å². The minimum atomic E-state index is -0.749. The standard InChI is InChI=1S/C21H20FN9O3/c1-29(21(32)34-3)20-16(30(2)28-33)17(23)25-18(26-20)15-13-8-6-10-24-19(13)31(27-15)11-12-7-4-5-9-14(12)22/h4-10H,11H2,1-3H3,(H2,23,25,26). The van der Waals surface area contributed by atoms with Crippen molar-refractivity contribution in [2.45, 2.75) is 6.54 Å². The number of carbonyl (C=O) groups is 1. The molecule has 0 saturated heterocycles. The second kappa shape index (κ2) is 9.05. The number of carbonyl (C=O) groups excluding carboxylic acids is 1. The van der Waals surface area contributed by atoms with Crippen molar-refractivity contribution in [2.24, 2.45) is 5.29 Å². The molecule has 4 aromatic rings. The number of methoxy groups -OCH3 is 1. The smallest absolute Gasteiger partial charge is 0.414 e. The first-order valence-corrected chi connectivity index (χ1v) is 9.97. The molecule has 4 rings (SSSR count). The Morgan fingerprint density at radius 3 is 2.68 bits per heavy atom. The molecule has 3 heterocycles. The largest absolute Gasteiger partial charge is 0.452 e. The number of aromatic nitrogens is 5. The van der Waals surface area contributed by atoms with Crippen LogP contribution in [0.25, 0.3) is 22.6 Å². The van der Waals surface area contributed by atoms with E-state index >= 15 is 0 Å². The van der Waals surface area contributed by atoms with Gasteiger partial charge in [-0.1, -0.05) is 18.2 Å². The second-order valence-electron chi connectivity index (χ2n) is 7.21. The molecule has 2 N–H and O–H groups in total. The first-order valence-electron chi connectivity index (χ1n) is 9.97. The molecule has 0 aliphatic heterocycles. The Labute approximate surface area is 192 Å². The Morgan fingerprint density at radius 1 is 1.21 bits per heavy atom. The normalized spacial score (nSPS) is 10.8. The molecule has 13 heteroatoms. The van der Waals surface area contributed by atoms with Crippen molar-refractivity contribution < 1.29 is 13.9 Å². The Balaban J connectivity index is 1.91. The lowest BCUT2D eigenvalue weighted by Gasteiger charge is -2.21. The minimum absolute atomic E-state index is 0.0138. The van der Waals surface area contributed by atoms with Gasteiger partial charge in [-0.2, -0.15) is 5.10 Å². The summed E-state index contributed by atoms with van der Waals surface area (Å²) < 4.78 is 20.6. The summed E-state index contributed by atoms with van der Waals surface area (Å²) >= 11 is 0. The fraction of sp³-hybridized carbons (Fsp3) is 0.190. The number of nitrogen functional groups attached to an aromatic ring is 1. The summed E-state index contributed by atoms with van der Waals surface area (Å²) in [5, 5.41) is 8.90. The maximum Gasteiger partial charge on any atom is 0.414 e. The van der Waals surface area contributed by atoms with Crippen LogP contribution in [0.4, 0.5) is 26.5 Å². The molecule has 0 saturated carbocycles. The van der Waals surface area contributed by atoms with Crippen molar-refractivity contribution in [3.63, 3.8) is 0 Å². The highest BCUT2D eigenvalue weighted by Crippen LogP contribution is 2.35. The second-order valence-corrected chi connectivity index (χ2v) is 7.21. The lowest BCUT2D eigenvalue weighted by Crippen LogP contribution is -2.29. The Morgan fingerprint density at radius 2 is 1.97 bits per heavy atom. The van der Waals surface area contributed by atoms with Gasteiger partial charge in [0.1, 0.15) is 17.2 Å². The zero-order valence-electron chi connectivity index (χ0n) is 18.5. The summed E-state index contributed by atoms with van der Waals surface area (Å²) in [7, 11) is 3.95. The highest BCUT2D eigenvalue weighted by molar-refractivity contribution is 5.95. The van der Waals surface area contributed by atoms with Gasteiger partial charge in [-0.15, -0.1) is 4.91 Å². The van der Waals surface area contributed by atoms with Crippen LogP contribution in [0.3, 0.4) is 0 Å². The predicted molar refractivity (Wildman–Crippen MR) is 123 cm³/mol. The van der Waals surface area contributed by atoms with Gasteiger partial charge in [-0.05, 0) is 18.2 Å². The number of rotatable bonds is 6. The van der Waals surface area contributed by atoms with Crippen LogP contribution in [-0.4, -0.2) is 52.0 Å². The van der Waals surface area contributed by atoms with E-state index in [-0.39, 0.29) is 35.5 Å². The van der Waals surface area contributed by atoms with Crippen molar-refractivity contribution in [1.29, 1.82) is 0 Å². The van der Waals surface area contributed by atoms with Gasteiger partial charge in [-0.3, -0.25) is 4.90 Å². The zero-order valence-corrected chi connectivity index (χ0v) is 18.5. The van der Waals surface area contributed by atoms with E-state index in [0.29, 0.717) is 22.3 Å². The highest BCUT2D eigenvalue weighted by atomic mass is 19.1. The lowest BCUT2D eigenvalue weighted by atomic mass is 10.2. The van der Waals surface area contributed by atoms with Crippen molar-refractivity contribution in [3.05, 3.63) is 58.9 Å². The number of halogens is 1. The topological polar surface area (TPSA) is 145 Å². The minimum Gasteiger partial charge on any atom is -0.452 e. The van der Waals surface area contributed by atoms with Gasteiger partial charge in [0.25, 0.3) is 0 Å². The number of hydrogen-bond donors (Lipinski definition) is 1. The van der Waals surface area contributed by atoms with Gasteiger partial charge in [0, 0.05) is 25.9 Å². The first-order chi connectivity index (χ1) is 16.3. The summed E-state index contributed by atoms with van der Waals surface area (Å²) in [5.74, 6) is -0.438. The number of nitroso groups, excluding NO2 is 1. The highest BCUT2D eigenvalue weighted by Gasteiger charge is 2.26. The van der Waals surface area contributed by atoms with Crippen LogP contribution in [0.1, 0.15) is 5.56 Å². The molecule has 34 heavy (non-hydrogen) atoms. The fourth-order valence-corrected chi connectivity index (χ4v) is 3.45. The summed E-state index contributed by atoms with van der Waals surface area (Å²) in [6.45, 7) is 0.112. The van der Waals surface area contributed by atoms with Gasteiger partial charge in [0.15, 0.2) is 23.1 Å². The van der Waals surface area contributed by atoms with Gasteiger partial charge in [0.05, 0.1) is 24.3 Å². The number of nitrogens with zero attached hydrogens (tertiary/aromatic N) is 8. The molecule has 0 unspecified atom stereocenters. The zero-order chi connectivity index (χ0) is 24.4. The molecule has 0 fully saturated rings. The van der Waals surface area contributed by atoms with E-state index in [9.17, 15) is 14.1 Å². The quantitative estimate of drug-likeness (QED) is 0.335. The van der Waals surface area contributed by atoms with Gasteiger partial charge >= 0.3 is 6.09 Å². The molecule has 0 aliphatic carbocycles.